The van der Waals surface area contributed by atoms with E-state index in [9.17, 15) is 9.59 Å². The molecule has 2 rings (SSSR count). The van der Waals surface area contributed by atoms with Crippen molar-refractivity contribution in [3.8, 4) is 0 Å². The quantitative estimate of drug-likeness (QED) is 0.792. The molecule has 1 aliphatic rings. The van der Waals surface area contributed by atoms with Crippen LogP contribution in [0.5, 0.6) is 0 Å². The average molecular weight is 242 g/mol. The van der Waals surface area contributed by atoms with Gasteiger partial charge >= 0.3 is 12.0 Å². The van der Waals surface area contributed by atoms with Gasteiger partial charge in [-0.05, 0) is 12.8 Å². The SMILES string of the molecule is O=C(O)[C@@H]1CCCN1C(=O)Nc1cnns1. The number of nitrogens with one attached hydrogen (secondary N) is 1. The number of anilines is 1. The number of likely N-dealkylation sites (tertiary alicyclic amines) is 1. The molecule has 0 saturated carbocycles. The molecule has 2 N–H and O–H groups in total. The van der Waals surface area contributed by atoms with E-state index >= 15 is 0 Å². The van der Waals surface area contributed by atoms with Crippen molar-refractivity contribution in [2.24, 2.45) is 0 Å². The maximum absolute atomic E-state index is 11.7. The lowest BCUT2D eigenvalue weighted by atomic mass is 10.2. The zero-order chi connectivity index (χ0) is 11.5. The molecule has 0 radical (unpaired) electrons. The van der Waals surface area contributed by atoms with E-state index in [2.05, 4.69) is 14.9 Å². The van der Waals surface area contributed by atoms with E-state index in [-0.39, 0.29) is 0 Å². The lowest BCUT2D eigenvalue weighted by Gasteiger charge is -2.20. The summed E-state index contributed by atoms with van der Waals surface area (Å²) in [5, 5.41) is 15.6. The van der Waals surface area contributed by atoms with Crippen molar-refractivity contribution in [2.45, 2.75) is 18.9 Å². The Morgan fingerprint density at radius 1 is 1.62 bits per heavy atom. The number of amides is 2. The number of carboxylic acids is 1. The topological polar surface area (TPSA) is 95.4 Å². The van der Waals surface area contributed by atoms with Crippen molar-refractivity contribution < 1.29 is 14.7 Å². The molecule has 2 heterocycles. The summed E-state index contributed by atoms with van der Waals surface area (Å²) in [6, 6.07) is -1.13. The minimum absolute atomic E-state index is 0.407. The van der Waals surface area contributed by atoms with Crippen molar-refractivity contribution in [1.29, 1.82) is 0 Å². The first kappa shape index (κ1) is 10.8. The second-order valence-electron chi connectivity index (χ2n) is 3.40. The lowest BCUT2D eigenvalue weighted by molar-refractivity contribution is -0.141. The summed E-state index contributed by atoms with van der Waals surface area (Å²) in [4.78, 5) is 23.9. The molecule has 0 bridgehead atoms. The van der Waals surface area contributed by atoms with Gasteiger partial charge in [-0.2, -0.15) is 0 Å². The Kier molecular flexibility index (Phi) is 3.00. The van der Waals surface area contributed by atoms with Gasteiger partial charge in [-0.15, -0.1) is 5.10 Å². The van der Waals surface area contributed by atoms with Crippen LogP contribution in [0.25, 0.3) is 0 Å². The predicted molar refractivity (Wildman–Crippen MR) is 56.3 cm³/mol. The van der Waals surface area contributed by atoms with Gasteiger partial charge in [0, 0.05) is 18.1 Å². The van der Waals surface area contributed by atoms with Crippen LogP contribution in [-0.4, -0.2) is 44.2 Å². The molecule has 1 aliphatic heterocycles. The molecule has 0 spiro atoms. The van der Waals surface area contributed by atoms with E-state index in [4.69, 9.17) is 5.11 Å². The minimum atomic E-state index is -0.963. The van der Waals surface area contributed by atoms with E-state index in [1.54, 1.807) is 0 Å². The number of carbonyl (C=O) groups is 2. The van der Waals surface area contributed by atoms with Gasteiger partial charge in [-0.3, -0.25) is 5.32 Å². The molecule has 1 atom stereocenters. The number of rotatable bonds is 2. The highest BCUT2D eigenvalue weighted by atomic mass is 32.1. The maximum Gasteiger partial charge on any atom is 0.326 e. The molecule has 1 aromatic rings. The number of urea groups is 1. The van der Waals surface area contributed by atoms with Gasteiger partial charge in [0.1, 0.15) is 11.0 Å². The van der Waals surface area contributed by atoms with Crippen molar-refractivity contribution in [3.63, 3.8) is 0 Å². The molecule has 8 heteroatoms. The first-order valence-electron chi connectivity index (χ1n) is 4.76. The van der Waals surface area contributed by atoms with E-state index in [0.717, 1.165) is 11.5 Å². The Balaban J connectivity index is 2.01. The highest BCUT2D eigenvalue weighted by Gasteiger charge is 2.34. The first-order chi connectivity index (χ1) is 7.68. The van der Waals surface area contributed by atoms with Crippen LogP contribution in [0, 0.1) is 0 Å². The third kappa shape index (κ3) is 2.11. The number of nitrogens with zero attached hydrogens (tertiary/aromatic N) is 3. The largest absolute Gasteiger partial charge is 0.480 e. The molecule has 1 saturated heterocycles. The Bertz CT molecular complexity index is 394. The Morgan fingerprint density at radius 3 is 3.06 bits per heavy atom. The molecule has 86 valence electrons. The third-order valence-electron chi connectivity index (χ3n) is 2.39. The fraction of sp³-hybridized carbons (Fsp3) is 0.500. The summed E-state index contributed by atoms with van der Waals surface area (Å²) in [5.41, 5.74) is 0. The van der Waals surface area contributed by atoms with Gasteiger partial charge in [0.05, 0.1) is 6.20 Å². The predicted octanol–water partition coefficient (Wildman–Crippen LogP) is 0.619. The summed E-state index contributed by atoms with van der Waals surface area (Å²) in [5.74, 6) is -0.963. The lowest BCUT2D eigenvalue weighted by Crippen LogP contribution is -2.42. The van der Waals surface area contributed by atoms with Crippen LogP contribution >= 0.6 is 11.5 Å². The second kappa shape index (κ2) is 4.44. The molecule has 1 fully saturated rings. The summed E-state index contributed by atoms with van der Waals surface area (Å²) in [6.45, 7) is 0.467. The van der Waals surface area contributed by atoms with Gasteiger partial charge in [-0.1, -0.05) is 4.49 Å². The summed E-state index contributed by atoms with van der Waals surface area (Å²) >= 11 is 1.05. The minimum Gasteiger partial charge on any atom is -0.480 e. The van der Waals surface area contributed by atoms with Crippen LogP contribution in [-0.2, 0) is 4.79 Å². The van der Waals surface area contributed by atoms with Crippen LogP contribution in [0.4, 0.5) is 9.80 Å². The van der Waals surface area contributed by atoms with Crippen molar-refractivity contribution in [2.75, 3.05) is 11.9 Å². The molecule has 2 amide bonds. The number of hydrogen-bond donors (Lipinski definition) is 2. The number of carbonyl (C=O) groups excluding carboxylic acids is 1. The fourth-order valence-corrected chi connectivity index (χ4v) is 2.08. The molecule has 16 heavy (non-hydrogen) atoms. The van der Waals surface area contributed by atoms with Gasteiger partial charge in [0.15, 0.2) is 0 Å². The van der Waals surface area contributed by atoms with Gasteiger partial charge in [0.2, 0.25) is 0 Å². The van der Waals surface area contributed by atoms with Crippen LogP contribution in [0.1, 0.15) is 12.8 Å². The second-order valence-corrected chi connectivity index (χ2v) is 4.19. The van der Waals surface area contributed by atoms with E-state index < -0.39 is 18.0 Å². The zero-order valence-electron chi connectivity index (χ0n) is 8.29. The molecule has 7 nitrogen and oxygen atoms in total. The molecular formula is C8H10N4O3S. The monoisotopic (exact) mass is 242 g/mol. The van der Waals surface area contributed by atoms with E-state index in [1.165, 1.54) is 11.1 Å². The maximum atomic E-state index is 11.7. The number of hydrogen-bond acceptors (Lipinski definition) is 5. The van der Waals surface area contributed by atoms with Crippen molar-refractivity contribution in [1.82, 2.24) is 14.5 Å². The van der Waals surface area contributed by atoms with E-state index in [0.29, 0.717) is 24.4 Å². The van der Waals surface area contributed by atoms with Crippen LogP contribution in [0.3, 0.4) is 0 Å². The molecule has 0 aromatic carbocycles. The summed E-state index contributed by atoms with van der Waals surface area (Å²) in [6.07, 6.45) is 2.64. The van der Waals surface area contributed by atoms with Crippen LogP contribution in [0.2, 0.25) is 0 Å². The fourth-order valence-electron chi connectivity index (χ4n) is 1.67. The number of aliphatic carboxylic acids is 1. The number of carboxylic acid groups (broad SMARTS) is 1. The molecular weight excluding hydrogens is 232 g/mol. The van der Waals surface area contributed by atoms with Crippen molar-refractivity contribution >= 4 is 28.5 Å². The Morgan fingerprint density at radius 2 is 2.44 bits per heavy atom. The van der Waals surface area contributed by atoms with Crippen LogP contribution < -0.4 is 5.32 Å². The van der Waals surface area contributed by atoms with Crippen molar-refractivity contribution in [3.05, 3.63) is 6.20 Å². The average Bonchev–Trinajstić information content (AvgIpc) is 2.86. The summed E-state index contributed by atoms with van der Waals surface area (Å²) in [7, 11) is 0. The molecule has 1 aromatic heterocycles. The highest BCUT2D eigenvalue weighted by molar-refractivity contribution is 7.10. The van der Waals surface area contributed by atoms with E-state index in [1.807, 2.05) is 0 Å². The Hall–Kier alpha value is -1.70. The zero-order valence-corrected chi connectivity index (χ0v) is 9.11. The number of aromatic nitrogens is 2. The third-order valence-corrected chi connectivity index (χ3v) is 2.97. The summed E-state index contributed by atoms with van der Waals surface area (Å²) < 4.78 is 3.60. The van der Waals surface area contributed by atoms with Gasteiger partial charge in [-0.25, -0.2) is 9.59 Å². The van der Waals surface area contributed by atoms with Gasteiger partial charge in [0.25, 0.3) is 0 Å². The first-order valence-corrected chi connectivity index (χ1v) is 5.53. The molecule has 0 unspecified atom stereocenters. The standard InChI is InChI=1S/C8H10N4O3S/c13-7(14)5-2-1-3-12(5)8(15)10-6-4-9-11-16-6/h4-5H,1-3H2,(H,10,15)(H,13,14)/t5-/m0/s1. The smallest absolute Gasteiger partial charge is 0.326 e. The van der Waals surface area contributed by atoms with Gasteiger partial charge < -0.3 is 10.0 Å². The van der Waals surface area contributed by atoms with Crippen LogP contribution in [0.15, 0.2) is 6.20 Å². The molecule has 0 aliphatic carbocycles. The Labute approximate surface area is 95.2 Å². The normalized spacial score (nSPS) is 19.8. The highest BCUT2D eigenvalue weighted by Crippen LogP contribution is 2.19.